The molecule has 0 aromatic heterocycles. The van der Waals surface area contributed by atoms with Gasteiger partial charge in [0.2, 0.25) is 0 Å². The number of carbonyl (C=O) groups excluding carboxylic acids is 1. The van der Waals surface area contributed by atoms with Gasteiger partial charge >= 0.3 is 0 Å². The molecule has 0 aliphatic heterocycles. The third-order valence-corrected chi connectivity index (χ3v) is 3.97. The SMILES string of the molecule is CN(C(=O)c1ccccc1C#CCO)C1CCCCC1O. The van der Waals surface area contributed by atoms with Crippen LogP contribution in [-0.4, -0.2) is 46.8 Å². The Labute approximate surface area is 125 Å². The van der Waals surface area contributed by atoms with E-state index in [0.717, 1.165) is 25.7 Å². The molecule has 0 radical (unpaired) electrons. The standard InChI is InChI=1S/C17H21NO3/c1-18(15-10-4-5-11-16(15)20)17(21)14-9-3-2-7-13(14)8-6-12-19/h2-3,7,9,15-16,19-20H,4-5,10-12H2,1H3. The fourth-order valence-electron chi connectivity index (χ4n) is 2.80. The van der Waals surface area contributed by atoms with Crippen LogP contribution in [0, 0.1) is 11.8 Å². The number of nitrogens with zero attached hydrogens (tertiary/aromatic N) is 1. The van der Waals surface area contributed by atoms with E-state index in [1.807, 2.05) is 6.07 Å². The van der Waals surface area contributed by atoms with E-state index in [0.29, 0.717) is 11.1 Å². The summed E-state index contributed by atoms with van der Waals surface area (Å²) in [7, 11) is 1.73. The molecular weight excluding hydrogens is 266 g/mol. The number of rotatable bonds is 2. The van der Waals surface area contributed by atoms with Gasteiger partial charge in [0, 0.05) is 12.6 Å². The highest BCUT2D eigenvalue weighted by molar-refractivity contribution is 5.96. The number of hydrogen-bond acceptors (Lipinski definition) is 3. The van der Waals surface area contributed by atoms with Gasteiger partial charge in [-0.1, -0.05) is 36.8 Å². The van der Waals surface area contributed by atoms with E-state index in [4.69, 9.17) is 5.11 Å². The predicted octanol–water partition coefficient (Wildman–Crippen LogP) is 1.41. The molecule has 1 saturated carbocycles. The number of aliphatic hydroxyl groups is 2. The van der Waals surface area contributed by atoms with Crippen LogP contribution in [0.25, 0.3) is 0 Å². The molecule has 2 N–H and O–H groups in total. The average molecular weight is 287 g/mol. The third kappa shape index (κ3) is 3.63. The molecule has 1 aromatic carbocycles. The van der Waals surface area contributed by atoms with E-state index in [2.05, 4.69) is 11.8 Å². The topological polar surface area (TPSA) is 60.8 Å². The highest BCUT2D eigenvalue weighted by atomic mass is 16.3. The lowest BCUT2D eigenvalue weighted by Gasteiger charge is -2.35. The van der Waals surface area contributed by atoms with E-state index in [1.165, 1.54) is 0 Å². The zero-order valence-corrected chi connectivity index (χ0v) is 12.2. The van der Waals surface area contributed by atoms with Crippen molar-refractivity contribution >= 4 is 5.91 Å². The smallest absolute Gasteiger partial charge is 0.255 e. The Morgan fingerprint density at radius 2 is 2.05 bits per heavy atom. The number of carbonyl (C=O) groups is 1. The lowest BCUT2D eigenvalue weighted by Crippen LogP contribution is -2.46. The van der Waals surface area contributed by atoms with Crippen LogP contribution in [0.4, 0.5) is 0 Å². The molecule has 4 nitrogen and oxygen atoms in total. The fraction of sp³-hybridized carbons (Fsp3) is 0.471. The molecule has 1 aliphatic carbocycles. The van der Waals surface area contributed by atoms with Crippen molar-refractivity contribution in [1.29, 1.82) is 0 Å². The zero-order chi connectivity index (χ0) is 15.2. The van der Waals surface area contributed by atoms with Crippen LogP contribution >= 0.6 is 0 Å². The van der Waals surface area contributed by atoms with Gasteiger partial charge in [0.1, 0.15) is 6.61 Å². The maximum atomic E-state index is 12.7. The van der Waals surface area contributed by atoms with Crippen LogP contribution in [0.3, 0.4) is 0 Å². The zero-order valence-electron chi connectivity index (χ0n) is 12.2. The summed E-state index contributed by atoms with van der Waals surface area (Å²) in [6.45, 7) is -0.236. The highest BCUT2D eigenvalue weighted by Gasteiger charge is 2.30. The quantitative estimate of drug-likeness (QED) is 0.808. The van der Waals surface area contributed by atoms with Gasteiger partial charge in [0.15, 0.2) is 0 Å². The molecule has 1 aliphatic rings. The first-order valence-electron chi connectivity index (χ1n) is 7.29. The van der Waals surface area contributed by atoms with Gasteiger partial charge in [0.05, 0.1) is 17.7 Å². The van der Waals surface area contributed by atoms with Crippen LogP contribution in [0.15, 0.2) is 24.3 Å². The number of aliphatic hydroxyl groups excluding tert-OH is 2. The van der Waals surface area contributed by atoms with Crippen molar-refractivity contribution < 1.29 is 15.0 Å². The van der Waals surface area contributed by atoms with E-state index < -0.39 is 6.10 Å². The summed E-state index contributed by atoms with van der Waals surface area (Å²) in [5.74, 6) is 5.24. The fourth-order valence-corrected chi connectivity index (χ4v) is 2.80. The number of benzene rings is 1. The largest absolute Gasteiger partial charge is 0.391 e. The Morgan fingerprint density at radius 3 is 2.76 bits per heavy atom. The van der Waals surface area contributed by atoms with Crippen molar-refractivity contribution in [2.45, 2.75) is 37.8 Å². The second-order valence-corrected chi connectivity index (χ2v) is 5.34. The molecule has 0 bridgehead atoms. The molecule has 0 spiro atoms. The summed E-state index contributed by atoms with van der Waals surface area (Å²) >= 11 is 0. The van der Waals surface area contributed by atoms with Gasteiger partial charge < -0.3 is 15.1 Å². The first kappa shape index (κ1) is 15.6. The summed E-state index contributed by atoms with van der Waals surface area (Å²) in [6.07, 6.45) is 3.16. The number of hydrogen-bond donors (Lipinski definition) is 2. The van der Waals surface area contributed by atoms with E-state index in [-0.39, 0.29) is 18.6 Å². The van der Waals surface area contributed by atoms with Gasteiger partial charge in [-0.2, -0.15) is 0 Å². The molecule has 1 fully saturated rings. The molecule has 2 unspecified atom stereocenters. The van der Waals surface area contributed by atoms with Gasteiger partial charge in [-0.3, -0.25) is 4.79 Å². The predicted molar refractivity (Wildman–Crippen MR) is 80.8 cm³/mol. The van der Waals surface area contributed by atoms with Crippen molar-refractivity contribution in [1.82, 2.24) is 4.90 Å². The van der Waals surface area contributed by atoms with Crippen LogP contribution in [0.2, 0.25) is 0 Å². The molecule has 2 rings (SSSR count). The number of amides is 1. The van der Waals surface area contributed by atoms with Gasteiger partial charge in [-0.15, -0.1) is 0 Å². The van der Waals surface area contributed by atoms with Crippen molar-refractivity contribution in [2.24, 2.45) is 0 Å². The molecule has 1 amide bonds. The van der Waals surface area contributed by atoms with E-state index in [9.17, 15) is 9.90 Å². The first-order chi connectivity index (χ1) is 10.1. The highest BCUT2D eigenvalue weighted by Crippen LogP contribution is 2.24. The summed E-state index contributed by atoms with van der Waals surface area (Å²) in [5.41, 5.74) is 1.12. The average Bonchev–Trinajstić information content (AvgIpc) is 2.52. The Bertz CT molecular complexity index is 559. The van der Waals surface area contributed by atoms with E-state index in [1.54, 1.807) is 30.1 Å². The number of likely N-dealkylation sites (N-methyl/N-ethyl adjacent to an activating group) is 1. The Kier molecular flexibility index (Phi) is 5.38. The maximum absolute atomic E-state index is 12.7. The minimum absolute atomic E-state index is 0.134. The molecular formula is C17H21NO3. The Hall–Kier alpha value is -1.83. The van der Waals surface area contributed by atoms with Crippen LogP contribution in [0.1, 0.15) is 41.6 Å². The Balaban J connectivity index is 2.23. The summed E-state index contributed by atoms with van der Waals surface area (Å²) in [5, 5.41) is 18.9. The van der Waals surface area contributed by atoms with Crippen molar-refractivity contribution in [3.8, 4) is 11.8 Å². The first-order valence-corrected chi connectivity index (χ1v) is 7.29. The lowest BCUT2D eigenvalue weighted by atomic mass is 9.91. The molecule has 4 heteroatoms. The minimum atomic E-state index is -0.455. The van der Waals surface area contributed by atoms with Gasteiger partial charge in [-0.05, 0) is 25.0 Å². The van der Waals surface area contributed by atoms with E-state index >= 15 is 0 Å². The maximum Gasteiger partial charge on any atom is 0.255 e. The minimum Gasteiger partial charge on any atom is -0.391 e. The monoisotopic (exact) mass is 287 g/mol. The molecule has 21 heavy (non-hydrogen) atoms. The van der Waals surface area contributed by atoms with Crippen LogP contribution in [0.5, 0.6) is 0 Å². The lowest BCUT2D eigenvalue weighted by molar-refractivity contribution is 0.0268. The Morgan fingerprint density at radius 1 is 1.33 bits per heavy atom. The van der Waals surface area contributed by atoms with Gasteiger partial charge in [0.25, 0.3) is 5.91 Å². The summed E-state index contributed by atoms with van der Waals surface area (Å²) in [6, 6.07) is 6.97. The normalized spacial score (nSPS) is 21.3. The molecule has 1 aromatic rings. The molecule has 2 atom stereocenters. The molecule has 112 valence electrons. The second-order valence-electron chi connectivity index (χ2n) is 5.34. The molecule has 0 heterocycles. The summed E-state index contributed by atoms with van der Waals surface area (Å²) in [4.78, 5) is 14.3. The van der Waals surface area contributed by atoms with Crippen molar-refractivity contribution in [3.63, 3.8) is 0 Å². The van der Waals surface area contributed by atoms with Crippen LogP contribution < -0.4 is 0 Å². The third-order valence-electron chi connectivity index (χ3n) is 3.97. The second kappa shape index (κ2) is 7.26. The van der Waals surface area contributed by atoms with Crippen LogP contribution in [-0.2, 0) is 0 Å². The summed E-state index contributed by atoms with van der Waals surface area (Å²) < 4.78 is 0. The molecule has 0 saturated heterocycles. The van der Waals surface area contributed by atoms with Crippen molar-refractivity contribution in [3.05, 3.63) is 35.4 Å². The van der Waals surface area contributed by atoms with Crippen molar-refractivity contribution in [2.75, 3.05) is 13.7 Å². The van der Waals surface area contributed by atoms with Gasteiger partial charge in [-0.25, -0.2) is 0 Å².